The number of aromatic hydroxyl groups is 1. The van der Waals surface area contributed by atoms with Crippen LogP contribution in [-0.2, 0) is 4.79 Å². The molecule has 0 aliphatic heterocycles. The molecule has 0 unspecified atom stereocenters. The van der Waals surface area contributed by atoms with Gasteiger partial charge in [0.15, 0.2) is 5.69 Å². The molecule has 0 aliphatic carbocycles. The minimum atomic E-state index is -0.653. The van der Waals surface area contributed by atoms with E-state index in [4.69, 9.17) is 11.6 Å². The van der Waals surface area contributed by atoms with Crippen molar-refractivity contribution in [2.75, 3.05) is 6.54 Å². The normalized spacial score (nSPS) is 11.1. The number of fused-ring (bicyclic) bond motifs is 1. The number of nitrogens with one attached hydrogen (secondary N) is 2. The van der Waals surface area contributed by atoms with Crippen LogP contribution in [0.2, 0.25) is 5.02 Å². The highest BCUT2D eigenvalue weighted by molar-refractivity contribution is 6.31. The number of halogens is 1. The van der Waals surface area contributed by atoms with Crippen molar-refractivity contribution in [3.05, 3.63) is 59.1 Å². The van der Waals surface area contributed by atoms with Crippen LogP contribution in [0.25, 0.3) is 10.9 Å². The average molecular weight is 357 g/mol. The molecule has 0 saturated carbocycles. The molecule has 7 nitrogen and oxygen atoms in total. The molecule has 126 valence electrons. The lowest BCUT2D eigenvalue weighted by atomic mass is 10.2. The van der Waals surface area contributed by atoms with Crippen molar-refractivity contribution in [1.82, 2.24) is 10.3 Å². The fourth-order valence-corrected chi connectivity index (χ4v) is 2.40. The molecule has 0 spiro atoms. The molecular weight excluding hydrogens is 344 g/mol. The topological polar surface area (TPSA) is 107 Å². The van der Waals surface area contributed by atoms with Crippen molar-refractivity contribution < 1.29 is 14.7 Å². The van der Waals surface area contributed by atoms with Gasteiger partial charge in [0.25, 0.3) is 11.8 Å². The summed E-state index contributed by atoms with van der Waals surface area (Å²) in [6.45, 7) is -0.304. The number of rotatable bonds is 4. The SMILES string of the molecule is O=C(CNC(=O)c1ccccc1)N=Nc1c(O)[nH]c2ccc(Cl)cc12. The van der Waals surface area contributed by atoms with Gasteiger partial charge < -0.3 is 15.4 Å². The van der Waals surface area contributed by atoms with Gasteiger partial charge in [0.1, 0.15) is 6.54 Å². The summed E-state index contributed by atoms with van der Waals surface area (Å²) in [6, 6.07) is 13.4. The fraction of sp³-hybridized carbons (Fsp3) is 0.0588. The second-order valence-electron chi connectivity index (χ2n) is 5.15. The minimum Gasteiger partial charge on any atom is -0.493 e. The van der Waals surface area contributed by atoms with E-state index in [-0.39, 0.29) is 24.0 Å². The number of benzene rings is 2. The van der Waals surface area contributed by atoms with Crippen LogP contribution in [0.4, 0.5) is 5.69 Å². The summed E-state index contributed by atoms with van der Waals surface area (Å²) in [5.74, 6) is -1.26. The quantitative estimate of drug-likeness (QED) is 0.622. The van der Waals surface area contributed by atoms with Crippen LogP contribution < -0.4 is 5.32 Å². The smallest absolute Gasteiger partial charge is 0.283 e. The third kappa shape index (κ3) is 3.84. The van der Waals surface area contributed by atoms with Crippen LogP contribution in [0.15, 0.2) is 58.8 Å². The molecule has 0 atom stereocenters. The molecule has 0 fully saturated rings. The molecular formula is C17H13ClN4O3. The molecule has 0 saturated heterocycles. The Morgan fingerprint density at radius 3 is 2.68 bits per heavy atom. The predicted octanol–water partition coefficient (Wildman–Crippen LogP) is 3.57. The number of aromatic amines is 1. The number of hydrogen-bond donors (Lipinski definition) is 3. The van der Waals surface area contributed by atoms with E-state index >= 15 is 0 Å². The number of H-pyrrole nitrogens is 1. The second-order valence-corrected chi connectivity index (χ2v) is 5.59. The Balaban J connectivity index is 1.68. The van der Waals surface area contributed by atoms with Crippen molar-refractivity contribution in [2.24, 2.45) is 10.2 Å². The van der Waals surface area contributed by atoms with Crippen molar-refractivity contribution in [3.8, 4) is 5.88 Å². The van der Waals surface area contributed by atoms with Crippen LogP contribution >= 0.6 is 11.6 Å². The number of azo groups is 1. The standard InChI is InChI=1S/C17H13ClN4O3/c18-11-6-7-13-12(8-11)15(17(25)20-13)22-21-14(23)9-19-16(24)10-4-2-1-3-5-10/h1-8,20,25H,9H2,(H,19,24). The number of carbonyl (C=O) groups is 2. The molecule has 3 aromatic rings. The number of amides is 2. The first-order valence-corrected chi connectivity index (χ1v) is 7.70. The van der Waals surface area contributed by atoms with Gasteiger partial charge in [-0.2, -0.15) is 0 Å². The zero-order valence-electron chi connectivity index (χ0n) is 12.9. The van der Waals surface area contributed by atoms with Crippen LogP contribution in [-0.4, -0.2) is 28.4 Å². The summed E-state index contributed by atoms with van der Waals surface area (Å²) in [5, 5.41) is 20.6. The molecule has 0 bridgehead atoms. The summed E-state index contributed by atoms with van der Waals surface area (Å²) in [7, 11) is 0. The fourth-order valence-electron chi connectivity index (χ4n) is 2.23. The van der Waals surface area contributed by atoms with Gasteiger partial charge >= 0.3 is 0 Å². The first kappa shape index (κ1) is 16.7. The summed E-state index contributed by atoms with van der Waals surface area (Å²) in [4.78, 5) is 26.4. The molecule has 25 heavy (non-hydrogen) atoms. The van der Waals surface area contributed by atoms with Crippen LogP contribution in [0.1, 0.15) is 10.4 Å². The van der Waals surface area contributed by atoms with Gasteiger partial charge in [-0.05, 0) is 30.3 Å². The molecule has 2 aromatic carbocycles. The highest BCUT2D eigenvalue weighted by Crippen LogP contribution is 2.36. The third-order valence-electron chi connectivity index (χ3n) is 3.41. The van der Waals surface area contributed by atoms with Crippen molar-refractivity contribution >= 4 is 40.0 Å². The molecule has 3 N–H and O–H groups in total. The summed E-state index contributed by atoms with van der Waals surface area (Å²) >= 11 is 5.92. The molecule has 0 aliphatic rings. The van der Waals surface area contributed by atoms with Gasteiger partial charge in [-0.3, -0.25) is 9.59 Å². The number of hydrogen-bond acceptors (Lipinski definition) is 4. The molecule has 2 amide bonds. The molecule has 0 radical (unpaired) electrons. The van der Waals surface area contributed by atoms with E-state index in [2.05, 4.69) is 20.5 Å². The van der Waals surface area contributed by atoms with Gasteiger partial charge in [-0.1, -0.05) is 29.8 Å². The maximum atomic E-state index is 11.9. The van der Waals surface area contributed by atoms with E-state index in [0.717, 1.165) is 0 Å². The van der Waals surface area contributed by atoms with Gasteiger partial charge in [0.05, 0.1) is 5.52 Å². The van der Waals surface area contributed by atoms with E-state index in [1.165, 1.54) is 0 Å². The summed E-state index contributed by atoms with van der Waals surface area (Å²) < 4.78 is 0. The predicted molar refractivity (Wildman–Crippen MR) is 93.3 cm³/mol. The zero-order valence-corrected chi connectivity index (χ0v) is 13.6. The molecule has 8 heteroatoms. The zero-order chi connectivity index (χ0) is 17.8. The summed E-state index contributed by atoms with van der Waals surface area (Å²) in [6.07, 6.45) is 0. The van der Waals surface area contributed by atoms with Crippen LogP contribution in [0, 0.1) is 0 Å². The third-order valence-corrected chi connectivity index (χ3v) is 3.65. The van der Waals surface area contributed by atoms with Crippen molar-refractivity contribution in [1.29, 1.82) is 0 Å². The van der Waals surface area contributed by atoms with Crippen LogP contribution in [0.3, 0.4) is 0 Å². The van der Waals surface area contributed by atoms with E-state index < -0.39 is 5.91 Å². The Hall–Kier alpha value is -3.19. The van der Waals surface area contributed by atoms with E-state index in [1.807, 2.05) is 0 Å². The second kappa shape index (κ2) is 7.14. The number of aromatic nitrogens is 1. The lowest BCUT2D eigenvalue weighted by Crippen LogP contribution is -2.28. The van der Waals surface area contributed by atoms with E-state index in [1.54, 1.807) is 48.5 Å². The highest BCUT2D eigenvalue weighted by Gasteiger charge is 2.12. The molecule has 1 heterocycles. The molecule has 1 aromatic heterocycles. The van der Waals surface area contributed by atoms with E-state index in [9.17, 15) is 14.7 Å². The van der Waals surface area contributed by atoms with E-state index in [0.29, 0.717) is 21.5 Å². The van der Waals surface area contributed by atoms with Gasteiger partial charge in [0, 0.05) is 16.0 Å². The number of nitrogens with zero attached hydrogens (tertiary/aromatic N) is 2. The Morgan fingerprint density at radius 1 is 1.16 bits per heavy atom. The Bertz CT molecular complexity index is 967. The first-order valence-electron chi connectivity index (χ1n) is 7.32. The van der Waals surface area contributed by atoms with Gasteiger partial charge in [-0.25, -0.2) is 0 Å². The largest absolute Gasteiger partial charge is 0.493 e. The Kier molecular flexibility index (Phi) is 4.76. The van der Waals surface area contributed by atoms with Gasteiger partial charge in [-0.15, -0.1) is 10.2 Å². The average Bonchev–Trinajstić information content (AvgIpc) is 2.93. The van der Waals surface area contributed by atoms with Crippen molar-refractivity contribution in [2.45, 2.75) is 0 Å². The van der Waals surface area contributed by atoms with Crippen molar-refractivity contribution in [3.63, 3.8) is 0 Å². The monoisotopic (exact) mass is 356 g/mol. The first-order chi connectivity index (χ1) is 12.0. The lowest BCUT2D eigenvalue weighted by molar-refractivity contribution is -0.117. The number of carbonyl (C=O) groups excluding carboxylic acids is 2. The highest BCUT2D eigenvalue weighted by atomic mass is 35.5. The van der Waals surface area contributed by atoms with Crippen LogP contribution in [0.5, 0.6) is 5.88 Å². The maximum Gasteiger partial charge on any atom is 0.283 e. The Morgan fingerprint density at radius 2 is 1.92 bits per heavy atom. The Labute approximate surface area is 147 Å². The minimum absolute atomic E-state index is 0.111. The molecule has 3 rings (SSSR count). The summed E-state index contributed by atoms with van der Waals surface area (Å²) in [5.41, 5.74) is 1.16. The van der Waals surface area contributed by atoms with Gasteiger partial charge in [0.2, 0.25) is 5.88 Å². The lowest BCUT2D eigenvalue weighted by Gasteiger charge is -2.01. The maximum absolute atomic E-state index is 11.9.